The fourth-order valence-corrected chi connectivity index (χ4v) is 10.6. The fraction of sp³-hybridized carbons (Fsp3) is 0.426. The molecule has 68 heavy (non-hydrogen) atoms. The predicted octanol–water partition coefficient (Wildman–Crippen LogP) is 9.23. The summed E-state index contributed by atoms with van der Waals surface area (Å²) >= 11 is 0. The highest BCUT2D eigenvalue weighted by Gasteiger charge is 2.41. The van der Waals surface area contributed by atoms with Crippen molar-refractivity contribution in [3.05, 3.63) is 113 Å². The molecule has 0 aromatic heterocycles. The van der Waals surface area contributed by atoms with Crippen LogP contribution in [0, 0.1) is 11.8 Å². The Labute approximate surface area is 398 Å². The third-order valence-corrected chi connectivity index (χ3v) is 14.2. The van der Waals surface area contributed by atoms with Gasteiger partial charge in [-0.05, 0) is 84.1 Å². The molecule has 0 saturated carbocycles. The van der Waals surface area contributed by atoms with Crippen LogP contribution in [0.25, 0.3) is 22.3 Å². The third-order valence-electron chi connectivity index (χ3n) is 14.2. The van der Waals surface area contributed by atoms with Crippen LogP contribution in [0.5, 0.6) is 17.2 Å². The van der Waals surface area contributed by atoms with E-state index in [9.17, 15) is 14.4 Å². The number of carbonyl (C=O) groups excluding carboxylic acids is 3. The number of nitrogens with zero attached hydrogens (tertiary/aromatic N) is 4. The molecule has 6 aliphatic rings. The first-order valence-corrected chi connectivity index (χ1v) is 23.8. The van der Waals surface area contributed by atoms with E-state index in [2.05, 4.69) is 78.4 Å². The zero-order chi connectivity index (χ0) is 47.8. The Hall–Kier alpha value is -6.83. The normalized spacial score (nSPS) is 21.3. The van der Waals surface area contributed by atoms with Crippen LogP contribution in [0.3, 0.4) is 0 Å². The van der Waals surface area contributed by atoms with Crippen LogP contribution in [0.2, 0.25) is 0 Å². The largest absolute Gasteiger partial charge is 0.497 e. The highest BCUT2D eigenvalue weighted by atomic mass is 16.5. The van der Waals surface area contributed by atoms with Gasteiger partial charge in [-0.3, -0.25) is 14.8 Å². The first kappa shape index (κ1) is 46.3. The fourth-order valence-electron chi connectivity index (χ4n) is 10.6. The van der Waals surface area contributed by atoms with Gasteiger partial charge in [0.1, 0.15) is 29.9 Å². The Balaban J connectivity index is 0.951. The number of rotatable bonds is 13. The number of nitrogens with one attached hydrogen (secondary N) is 2. The van der Waals surface area contributed by atoms with Gasteiger partial charge in [-0.25, -0.2) is 9.59 Å². The lowest BCUT2D eigenvalue weighted by atomic mass is 9.82. The van der Waals surface area contributed by atoms with E-state index in [1.165, 1.54) is 14.2 Å². The summed E-state index contributed by atoms with van der Waals surface area (Å²) < 4.78 is 29.2. The topological polar surface area (TPSA) is 153 Å². The van der Waals surface area contributed by atoms with Crippen LogP contribution in [-0.2, 0) is 14.3 Å². The molecule has 0 radical (unpaired) electrons. The molecule has 356 valence electrons. The van der Waals surface area contributed by atoms with Crippen molar-refractivity contribution in [3.63, 3.8) is 0 Å². The Bertz CT molecular complexity index is 2680. The molecule has 9 rings (SSSR count). The van der Waals surface area contributed by atoms with Crippen LogP contribution < -0.4 is 24.8 Å². The minimum Gasteiger partial charge on any atom is -0.497 e. The molecule has 0 aliphatic carbocycles. The number of aliphatic imine (C=N–C) groups is 2. The minimum absolute atomic E-state index is 0.0877. The van der Waals surface area contributed by atoms with E-state index >= 15 is 0 Å². The van der Waals surface area contributed by atoms with Gasteiger partial charge in [0.25, 0.3) is 0 Å². The Morgan fingerprint density at radius 1 is 0.735 bits per heavy atom. The molecule has 0 bridgehead atoms. The lowest BCUT2D eigenvalue weighted by molar-refractivity contribution is -0.134. The van der Waals surface area contributed by atoms with Crippen molar-refractivity contribution in [2.75, 3.05) is 41.0 Å². The Kier molecular flexibility index (Phi) is 13.2. The van der Waals surface area contributed by atoms with E-state index in [0.29, 0.717) is 26.0 Å². The number of fused-ring (bicyclic) bond motifs is 4. The van der Waals surface area contributed by atoms with Crippen LogP contribution >= 0.6 is 0 Å². The number of likely N-dealkylation sites (tertiary alicyclic amines) is 2. The molecule has 3 aromatic rings. The number of allylic oxidation sites excluding steroid dienone is 2. The molecule has 3 aromatic carbocycles. The van der Waals surface area contributed by atoms with Crippen molar-refractivity contribution in [3.8, 4) is 17.2 Å². The molecule has 14 nitrogen and oxygen atoms in total. The lowest BCUT2D eigenvalue weighted by Crippen LogP contribution is -2.53. The van der Waals surface area contributed by atoms with Crippen molar-refractivity contribution >= 4 is 51.8 Å². The van der Waals surface area contributed by atoms with E-state index < -0.39 is 24.3 Å². The maximum absolute atomic E-state index is 13.8. The third kappa shape index (κ3) is 8.88. The molecule has 2 saturated heterocycles. The lowest BCUT2D eigenvalue weighted by Gasteiger charge is -2.36. The van der Waals surface area contributed by atoms with Gasteiger partial charge in [-0.2, -0.15) is 0 Å². The zero-order valence-corrected chi connectivity index (χ0v) is 40.1. The van der Waals surface area contributed by atoms with Gasteiger partial charge in [0.2, 0.25) is 5.91 Å². The van der Waals surface area contributed by atoms with Crippen LogP contribution in [0.15, 0.2) is 95.3 Å². The van der Waals surface area contributed by atoms with Gasteiger partial charge in [0.05, 0.1) is 39.5 Å². The highest BCUT2D eigenvalue weighted by molar-refractivity contribution is 6.05. The molecular formula is C54H62N6O8. The first-order valence-electron chi connectivity index (χ1n) is 23.8. The minimum atomic E-state index is -0.690. The predicted molar refractivity (Wildman–Crippen MR) is 264 cm³/mol. The number of hydrogen-bond acceptors (Lipinski definition) is 11. The summed E-state index contributed by atoms with van der Waals surface area (Å²) in [6.07, 6.45) is 7.32. The summed E-state index contributed by atoms with van der Waals surface area (Å²) in [6.45, 7) is 14.3. The number of ether oxygens (including phenoxy) is 5. The number of amides is 3. The quantitative estimate of drug-likeness (QED) is 0.171. The summed E-state index contributed by atoms with van der Waals surface area (Å²) in [4.78, 5) is 52.3. The van der Waals surface area contributed by atoms with E-state index in [1.54, 1.807) is 7.11 Å². The van der Waals surface area contributed by atoms with Crippen LogP contribution in [0.1, 0.15) is 100 Å². The molecular weight excluding hydrogens is 861 g/mol. The average molecular weight is 923 g/mol. The van der Waals surface area contributed by atoms with Gasteiger partial charge in [-0.1, -0.05) is 70.7 Å². The molecule has 6 aliphatic heterocycles. The van der Waals surface area contributed by atoms with E-state index in [4.69, 9.17) is 33.7 Å². The number of benzene rings is 3. The van der Waals surface area contributed by atoms with Gasteiger partial charge in [0, 0.05) is 83.3 Å². The number of methoxy groups -OCH3 is 3. The average Bonchev–Trinajstić information content (AvgIpc) is 4.21. The van der Waals surface area contributed by atoms with Crippen molar-refractivity contribution in [2.45, 2.75) is 96.5 Å². The maximum Gasteiger partial charge on any atom is 0.407 e. The SMILES string of the molecule is C=C([C@@H](NC(=O)OC)C(C)C)N1CCC[C@H]1C1=NC=C(c2ccc3c(c2)OC(c2cccc(OC)c2)C2=C3COc3cc(C4=CN=C([C@@H]5CCCN5C(=O)[C@@H](NC(=O)OC)C(C)C)C4)ccc32)C1. The van der Waals surface area contributed by atoms with Crippen molar-refractivity contribution in [1.29, 1.82) is 0 Å². The second-order valence-electron chi connectivity index (χ2n) is 19.0. The molecule has 1 unspecified atom stereocenters. The molecule has 6 heterocycles. The summed E-state index contributed by atoms with van der Waals surface area (Å²) in [7, 11) is 4.35. The molecule has 0 spiro atoms. The molecule has 3 amide bonds. The molecule has 5 atom stereocenters. The van der Waals surface area contributed by atoms with E-state index in [-0.39, 0.29) is 35.9 Å². The number of alkyl carbamates (subject to hydrolysis) is 2. The zero-order valence-electron chi connectivity index (χ0n) is 40.1. The van der Waals surface area contributed by atoms with Gasteiger partial charge in [-0.15, -0.1) is 0 Å². The van der Waals surface area contributed by atoms with Gasteiger partial charge >= 0.3 is 12.2 Å². The second-order valence-corrected chi connectivity index (χ2v) is 19.0. The maximum atomic E-state index is 13.8. The van der Waals surface area contributed by atoms with Crippen LogP contribution in [-0.4, -0.2) is 105 Å². The van der Waals surface area contributed by atoms with Crippen LogP contribution in [0.4, 0.5) is 9.59 Å². The van der Waals surface area contributed by atoms with Crippen molar-refractivity contribution in [1.82, 2.24) is 20.4 Å². The Morgan fingerprint density at radius 2 is 1.32 bits per heavy atom. The number of carbonyl (C=O) groups is 3. The van der Waals surface area contributed by atoms with Gasteiger partial charge in [0.15, 0.2) is 6.10 Å². The summed E-state index contributed by atoms with van der Waals surface area (Å²) in [5, 5.41) is 5.73. The van der Waals surface area contributed by atoms with E-state index in [1.807, 2.05) is 49.3 Å². The van der Waals surface area contributed by atoms with Crippen molar-refractivity contribution < 1.29 is 38.1 Å². The van der Waals surface area contributed by atoms with E-state index in [0.717, 1.165) is 117 Å². The summed E-state index contributed by atoms with van der Waals surface area (Å²) in [5.41, 5.74) is 12.2. The smallest absolute Gasteiger partial charge is 0.407 e. The molecule has 2 fully saturated rings. The second kappa shape index (κ2) is 19.4. The first-order chi connectivity index (χ1) is 32.9. The number of hydrogen-bond donors (Lipinski definition) is 2. The monoisotopic (exact) mass is 922 g/mol. The summed E-state index contributed by atoms with van der Waals surface area (Å²) in [6, 6.07) is 19.8. The molecule has 14 heteroatoms. The highest BCUT2D eigenvalue weighted by Crippen LogP contribution is 2.52. The Morgan fingerprint density at radius 3 is 1.94 bits per heavy atom. The van der Waals surface area contributed by atoms with Gasteiger partial charge < -0.3 is 44.1 Å². The molecule has 2 N–H and O–H groups in total. The standard InChI is InChI=1S/C54H62N6O8/c1-30(2)49(57-53(62)65-7)32(5)59-20-10-14-44(59)42-23-37(28-55-42)34-16-18-39-41-29-67-46-25-33(17-19-40(46)48(41)51(68-47(39)26-34)35-12-9-13-38(22-35)64-6)36-24-43(56-27-36)45-15-11-21-60(45)52(61)50(31(3)4)58-54(63)66-8/h9,12-13,16-19,22,25-28,30-31,44-45,49-51H,5,10-11,14-15,20-21,23-24,29H2,1-4,6-8H3,(H,57,62)(H,58,63)/t44-,45-,49-,50-,51?/m0/s1. The summed E-state index contributed by atoms with van der Waals surface area (Å²) in [5.74, 6) is 2.19. The van der Waals surface area contributed by atoms with Crippen molar-refractivity contribution in [2.24, 2.45) is 21.8 Å².